The van der Waals surface area contributed by atoms with Crippen molar-refractivity contribution in [3.63, 3.8) is 0 Å². The molecule has 2 rings (SSSR count). The minimum Gasteiger partial charge on any atom is -0.382 e. The Balaban J connectivity index is 1.87. The Morgan fingerprint density at radius 2 is 2.00 bits per heavy atom. The molecule has 0 spiro atoms. The number of carbonyl (C=O) groups is 2. The van der Waals surface area contributed by atoms with Gasteiger partial charge in [0.15, 0.2) is 0 Å². The summed E-state index contributed by atoms with van der Waals surface area (Å²) in [6, 6.07) is -0.281. The van der Waals surface area contributed by atoms with Crippen LogP contribution in [0.3, 0.4) is 0 Å². The van der Waals surface area contributed by atoms with Crippen LogP contribution in [-0.2, 0) is 19.1 Å². The van der Waals surface area contributed by atoms with E-state index in [2.05, 4.69) is 5.32 Å². The minimum atomic E-state index is -0.405. The summed E-state index contributed by atoms with van der Waals surface area (Å²) >= 11 is 0. The quantitative estimate of drug-likeness (QED) is 0.681. The van der Waals surface area contributed by atoms with E-state index in [0.717, 1.165) is 25.7 Å². The zero-order valence-electron chi connectivity index (χ0n) is 12.3. The molecular weight excluding hydrogens is 260 g/mol. The Morgan fingerprint density at radius 1 is 1.30 bits per heavy atom. The number of carbonyl (C=O) groups excluding carboxylic acids is 2. The van der Waals surface area contributed by atoms with Crippen molar-refractivity contribution in [2.75, 3.05) is 27.4 Å². The molecular formula is C14H24N2O4. The number of ether oxygens (including phenoxy) is 2. The normalized spacial score (nSPS) is 25.7. The van der Waals surface area contributed by atoms with E-state index >= 15 is 0 Å². The maximum atomic E-state index is 12.3. The average molecular weight is 284 g/mol. The third-order valence-corrected chi connectivity index (χ3v) is 4.15. The van der Waals surface area contributed by atoms with Crippen LogP contribution in [-0.4, -0.2) is 62.3 Å². The van der Waals surface area contributed by atoms with Crippen molar-refractivity contribution in [1.82, 2.24) is 10.2 Å². The van der Waals surface area contributed by atoms with Gasteiger partial charge in [-0.15, -0.1) is 0 Å². The van der Waals surface area contributed by atoms with Crippen LogP contribution < -0.4 is 5.32 Å². The van der Waals surface area contributed by atoms with Gasteiger partial charge in [-0.2, -0.15) is 0 Å². The SMILES string of the molecule is COCC(CNC1CC(=O)N(C2CCCC2)C1=O)OC. The second-order valence-corrected chi connectivity index (χ2v) is 5.52. The molecule has 6 nitrogen and oxygen atoms in total. The third-order valence-electron chi connectivity index (χ3n) is 4.15. The van der Waals surface area contributed by atoms with Gasteiger partial charge in [-0.05, 0) is 12.8 Å². The Kier molecular flexibility index (Phi) is 5.51. The van der Waals surface area contributed by atoms with Gasteiger partial charge in [-0.25, -0.2) is 0 Å². The van der Waals surface area contributed by atoms with Gasteiger partial charge in [0, 0.05) is 26.8 Å². The van der Waals surface area contributed by atoms with Gasteiger partial charge < -0.3 is 14.8 Å². The first-order chi connectivity index (χ1) is 9.67. The van der Waals surface area contributed by atoms with E-state index in [-0.39, 0.29) is 30.4 Å². The highest BCUT2D eigenvalue weighted by molar-refractivity contribution is 6.05. The monoisotopic (exact) mass is 284 g/mol. The summed E-state index contributed by atoms with van der Waals surface area (Å²) in [6.45, 7) is 0.969. The lowest BCUT2D eigenvalue weighted by atomic mass is 10.2. The summed E-state index contributed by atoms with van der Waals surface area (Å²) in [5.74, 6) is -0.116. The predicted molar refractivity (Wildman–Crippen MR) is 73.2 cm³/mol. The second-order valence-electron chi connectivity index (χ2n) is 5.52. The Labute approximate surface area is 119 Å². The van der Waals surface area contributed by atoms with E-state index in [0.29, 0.717) is 13.2 Å². The molecule has 2 unspecified atom stereocenters. The van der Waals surface area contributed by atoms with Crippen LogP contribution in [0.4, 0.5) is 0 Å². The summed E-state index contributed by atoms with van der Waals surface area (Å²) in [5, 5.41) is 3.13. The predicted octanol–water partition coefficient (Wildman–Crippen LogP) is 0.308. The second kappa shape index (κ2) is 7.15. The molecule has 1 saturated carbocycles. The fourth-order valence-electron chi connectivity index (χ4n) is 3.03. The van der Waals surface area contributed by atoms with Crippen molar-refractivity contribution in [3.05, 3.63) is 0 Å². The number of methoxy groups -OCH3 is 2. The summed E-state index contributed by atoms with van der Waals surface area (Å²) in [5.41, 5.74) is 0. The molecule has 2 fully saturated rings. The van der Waals surface area contributed by atoms with Crippen molar-refractivity contribution in [3.8, 4) is 0 Å². The van der Waals surface area contributed by atoms with Crippen molar-refractivity contribution in [2.45, 2.75) is 50.3 Å². The zero-order chi connectivity index (χ0) is 14.5. The van der Waals surface area contributed by atoms with Gasteiger partial charge in [-0.3, -0.25) is 14.5 Å². The van der Waals surface area contributed by atoms with Crippen LogP contribution >= 0.6 is 0 Å². The van der Waals surface area contributed by atoms with Crippen molar-refractivity contribution >= 4 is 11.8 Å². The van der Waals surface area contributed by atoms with Crippen LogP contribution in [0.15, 0.2) is 0 Å². The van der Waals surface area contributed by atoms with Gasteiger partial charge >= 0.3 is 0 Å². The number of nitrogens with zero attached hydrogens (tertiary/aromatic N) is 1. The molecule has 0 aromatic heterocycles. The van der Waals surface area contributed by atoms with Gasteiger partial charge in [0.05, 0.1) is 25.2 Å². The molecule has 20 heavy (non-hydrogen) atoms. The molecule has 0 bridgehead atoms. The highest BCUT2D eigenvalue weighted by atomic mass is 16.5. The summed E-state index contributed by atoms with van der Waals surface area (Å²) < 4.78 is 10.3. The number of imide groups is 1. The Morgan fingerprint density at radius 3 is 2.60 bits per heavy atom. The zero-order valence-corrected chi connectivity index (χ0v) is 12.3. The van der Waals surface area contributed by atoms with Gasteiger partial charge in [0.2, 0.25) is 11.8 Å². The summed E-state index contributed by atoms with van der Waals surface area (Å²) in [6.07, 6.45) is 4.28. The highest BCUT2D eigenvalue weighted by Crippen LogP contribution is 2.28. The number of hydrogen-bond acceptors (Lipinski definition) is 5. The molecule has 2 aliphatic rings. The number of rotatable bonds is 7. The molecule has 6 heteroatoms. The van der Waals surface area contributed by atoms with Crippen molar-refractivity contribution in [1.29, 1.82) is 0 Å². The fraction of sp³-hybridized carbons (Fsp3) is 0.857. The molecule has 2 atom stereocenters. The lowest BCUT2D eigenvalue weighted by Gasteiger charge is -2.22. The molecule has 0 radical (unpaired) electrons. The smallest absolute Gasteiger partial charge is 0.247 e. The summed E-state index contributed by atoms with van der Waals surface area (Å²) in [4.78, 5) is 25.9. The maximum Gasteiger partial charge on any atom is 0.247 e. The molecule has 0 aromatic carbocycles. The molecule has 1 saturated heterocycles. The molecule has 2 amide bonds. The van der Waals surface area contributed by atoms with Crippen LogP contribution in [0.25, 0.3) is 0 Å². The highest BCUT2D eigenvalue weighted by Gasteiger charge is 2.42. The Bertz CT molecular complexity index is 355. The molecule has 1 N–H and O–H groups in total. The number of amides is 2. The fourth-order valence-corrected chi connectivity index (χ4v) is 3.03. The van der Waals surface area contributed by atoms with Crippen LogP contribution in [0, 0.1) is 0 Å². The number of nitrogens with one attached hydrogen (secondary N) is 1. The van der Waals surface area contributed by atoms with Crippen LogP contribution in [0.1, 0.15) is 32.1 Å². The molecule has 1 aliphatic heterocycles. The van der Waals surface area contributed by atoms with Gasteiger partial charge in [0.25, 0.3) is 0 Å². The van der Waals surface area contributed by atoms with Crippen molar-refractivity contribution < 1.29 is 19.1 Å². The number of hydrogen-bond donors (Lipinski definition) is 1. The van der Waals surface area contributed by atoms with Crippen LogP contribution in [0.2, 0.25) is 0 Å². The van der Waals surface area contributed by atoms with E-state index in [1.54, 1.807) is 14.2 Å². The van der Waals surface area contributed by atoms with E-state index in [1.165, 1.54) is 4.90 Å². The van der Waals surface area contributed by atoms with E-state index in [1.807, 2.05) is 0 Å². The molecule has 1 aliphatic carbocycles. The first-order valence-corrected chi connectivity index (χ1v) is 7.28. The minimum absolute atomic E-state index is 0.0416. The van der Waals surface area contributed by atoms with Crippen LogP contribution in [0.5, 0.6) is 0 Å². The first kappa shape index (κ1) is 15.4. The van der Waals surface area contributed by atoms with E-state index < -0.39 is 6.04 Å². The molecule has 114 valence electrons. The van der Waals surface area contributed by atoms with Crippen molar-refractivity contribution in [2.24, 2.45) is 0 Å². The third kappa shape index (κ3) is 3.37. The average Bonchev–Trinajstić information content (AvgIpc) is 3.03. The largest absolute Gasteiger partial charge is 0.382 e. The lowest BCUT2D eigenvalue weighted by molar-refractivity contribution is -0.141. The van der Waals surface area contributed by atoms with Gasteiger partial charge in [-0.1, -0.05) is 12.8 Å². The topological polar surface area (TPSA) is 67.9 Å². The van der Waals surface area contributed by atoms with E-state index in [9.17, 15) is 9.59 Å². The number of likely N-dealkylation sites (tertiary alicyclic amines) is 1. The molecule has 0 aromatic rings. The first-order valence-electron chi connectivity index (χ1n) is 7.28. The molecule has 1 heterocycles. The standard InChI is InChI=1S/C14H24N2O4/c1-19-9-11(20-2)8-15-12-7-13(17)16(14(12)18)10-5-3-4-6-10/h10-12,15H,3-9H2,1-2H3. The summed E-state index contributed by atoms with van der Waals surface area (Å²) in [7, 11) is 3.22. The maximum absolute atomic E-state index is 12.3. The van der Waals surface area contributed by atoms with Gasteiger partial charge in [0.1, 0.15) is 0 Å². The Hall–Kier alpha value is -0.980. The lowest BCUT2D eigenvalue weighted by Crippen LogP contribution is -2.45. The van der Waals surface area contributed by atoms with E-state index in [4.69, 9.17) is 9.47 Å².